The average Bonchev–Trinajstić information content (AvgIpc) is 3.08. The lowest BCUT2D eigenvalue weighted by atomic mass is 10.0. The SMILES string of the molecule is CCCNC(=O)[C@@H](Cc1ccccc1)N(Cc1cccc(Br)c1)C(=O)CN(c1ccc(OCC)cc1)S(=O)(=O)c1ccc(SC)cc1. The molecule has 11 heteroatoms. The predicted molar refractivity (Wildman–Crippen MR) is 192 cm³/mol. The summed E-state index contributed by atoms with van der Waals surface area (Å²) in [7, 11) is -4.20. The first-order valence-electron chi connectivity index (χ1n) is 15.4. The summed E-state index contributed by atoms with van der Waals surface area (Å²) in [6.07, 6.45) is 2.89. The molecule has 4 aromatic rings. The van der Waals surface area contributed by atoms with E-state index >= 15 is 0 Å². The fourth-order valence-corrected chi connectivity index (χ4v) is 7.30. The molecule has 4 rings (SSSR count). The van der Waals surface area contributed by atoms with Crippen molar-refractivity contribution in [1.29, 1.82) is 0 Å². The van der Waals surface area contributed by atoms with Crippen LogP contribution in [0, 0.1) is 0 Å². The number of nitrogens with one attached hydrogen (secondary N) is 1. The van der Waals surface area contributed by atoms with Gasteiger partial charge in [-0.3, -0.25) is 13.9 Å². The lowest BCUT2D eigenvalue weighted by molar-refractivity contribution is -0.140. The summed E-state index contributed by atoms with van der Waals surface area (Å²) in [5.74, 6) is -0.242. The first-order chi connectivity index (χ1) is 22.7. The lowest BCUT2D eigenvalue weighted by Crippen LogP contribution is -2.53. The molecule has 0 aliphatic heterocycles. The van der Waals surface area contributed by atoms with Gasteiger partial charge in [-0.25, -0.2) is 8.42 Å². The van der Waals surface area contributed by atoms with Gasteiger partial charge in [-0.05, 0) is 91.4 Å². The number of halogens is 1. The third kappa shape index (κ3) is 9.85. The maximum Gasteiger partial charge on any atom is 0.264 e. The summed E-state index contributed by atoms with van der Waals surface area (Å²) < 4.78 is 36.1. The van der Waals surface area contributed by atoms with Crippen LogP contribution in [0.5, 0.6) is 5.75 Å². The smallest absolute Gasteiger partial charge is 0.264 e. The van der Waals surface area contributed by atoms with Crippen LogP contribution in [0.25, 0.3) is 0 Å². The number of ether oxygens (including phenoxy) is 1. The van der Waals surface area contributed by atoms with Crippen LogP contribution in [-0.2, 0) is 32.6 Å². The summed E-state index contributed by atoms with van der Waals surface area (Å²) in [5, 5.41) is 2.97. The van der Waals surface area contributed by atoms with Gasteiger partial charge in [-0.2, -0.15) is 0 Å². The number of amides is 2. The molecule has 4 aromatic carbocycles. The summed E-state index contributed by atoms with van der Waals surface area (Å²) in [6.45, 7) is 4.29. The van der Waals surface area contributed by atoms with Crippen LogP contribution in [-0.4, -0.2) is 57.1 Å². The third-order valence-corrected chi connectivity index (χ3v) is 10.4. The second-order valence-electron chi connectivity index (χ2n) is 10.8. The molecule has 1 atom stereocenters. The zero-order valence-electron chi connectivity index (χ0n) is 26.8. The molecule has 2 amide bonds. The monoisotopic (exact) mass is 737 g/mol. The van der Waals surface area contributed by atoms with Crippen LogP contribution in [0.15, 0.2) is 117 Å². The molecule has 0 aromatic heterocycles. The highest BCUT2D eigenvalue weighted by Gasteiger charge is 2.34. The molecule has 0 saturated carbocycles. The Bertz CT molecular complexity index is 1720. The summed E-state index contributed by atoms with van der Waals surface area (Å²) in [5.41, 5.74) is 1.96. The van der Waals surface area contributed by atoms with Gasteiger partial charge >= 0.3 is 0 Å². The Morgan fingerprint density at radius 2 is 1.57 bits per heavy atom. The molecular weight excluding hydrogens is 698 g/mol. The molecule has 0 bridgehead atoms. The van der Waals surface area contributed by atoms with Crippen molar-refractivity contribution in [2.45, 2.75) is 49.1 Å². The molecule has 0 spiro atoms. The molecule has 0 radical (unpaired) electrons. The van der Waals surface area contributed by atoms with Crippen LogP contribution in [0.2, 0.25) is 0 Å². The van der Waals surface area contributed by atoms with E-state index in [2.05, 4.69) is 21.2 Å². The van der Waals surface area contributed by atoms with Gasteiger partial charge in [0.05, 0.1) is 17.2 Å². The second-order valence-corrected chi connectivity index (χ2v) is 14.4. The Morgan fingerprint density at radius 3 is 2.19 bits per heavy atom. The molecule has 0 saturated heterocycles. The summed E-state index contributed by atoms with van der Waals surface area (Å²) in [6, 6.07) is 29.3. The molecule has 47 heavy (non-hydrogen) atoms. The van der Waals surface area contributed by atoms with E-state index in [4.69, 9.17) is 4.74 Å². The van der Waals surface area contributed by atoms with E-state index in [0.29, 0.717) is 24.6 Å². The highest BCUT2D eigenvalue weighted by molar-refractivity contribution is 9.10. The molecule has 0 aliphatic rings. The van der Waals surface area contributed by atoms with E-state index in [-0.39, 0.29) is 23.8 Å². The van der Waals surface area contributed by atoms with Gasteiger partial charge in [-0.15, -0.1) is 11.8 Å². The molecule has 1 N–H and O–H groups in total. The number of carbonyl (C=O) groups excluding carboxylic acids is 2. The van der Waals surface area contributed by atoms with Crippen LogP contribution in [0.3, 0.4) is 0 Å². The molecule has 0 fully saturated rings. The molecule has 8 nitrogen and oxygen atoms in total. The summed E-state index contributed by atoms with van der Waals surface area (Å²) >= 11 is 5.01. The first kappa shape index (κ1) is 36.0. The molecule has 0 heterocycles. The number of rotatable bonds is 16. The Balaban J connectivity index is 1.80. The largest absolute Gasteiger partial charge is 0.494 e. The van der Waals surface area contributed by atoms with E-state index < -0.39 is 28.5 Å². The van der Waals surface area contributed by atoms with Crippen molar-refractivity contribution in [3.8, 4) is 5.75 Å². The average molecular weight is 739 g/mol. The van der Waals surface area contributed by atoms with Crippen LogP contribution in [0.4, 0.5) is 5.69 Å². The fraction of sp³-hybridized carbons (Fsp3) is 0.278. The van der Waals surface area contributed by atoms with Crippen LogP contribution in [0.1, 0.15) is 31.4 Å². The molecule has 0 aliphatic carbocycles. The highest BCUT2D eigenvalue weighted by atomic mass is 79.9. The maximum absolute atomic E-state index is 14.6. The Morgan fingerprint density at radius 1 is 0.894 bits per heavy atom. The van der Waals surface area contributed by atoms with Crippen molar-refractivity contribution in [3.05, 3.63) is 119 Å². The summed E-state index contributed by atoms with van der Waals surface area (Å²) in [4.78, 5) is 30.8. The number of benzene rings is 4. The zero-order valence-corrected chi connectivity index (χ0v) is 30.0. The minimum atomic E-state index is -4.20. The normalized spacial score (nSPS) is 11.8. The van der Waals surface area contributed by atoms with Crippen molar-refractivity contribution >= 4 is 55.2 Å². The van der Waals surface area contributed by atoms with Crippen molar-refractivity contribution in [2.24, 2.45) is 0 Å². The number of anilines is 1. The zero-order chi connectivity index (χ0) is 33.8. The number of nitrogens with zero attached hydrogens (tertiary/aromatic N) is 2. The molecule has 248 valence electrons. The minimum absolute atomic E-state index is 0.0528. The van der Waals surface area contributed by atoms with Gasteiger partial charge in [0.1, 0.15) is 18.3 Å². The van der Waals surface area contributed by atoms with Gasteiger partial charge in [0, 0.05) is 28.9 Å². The van der Waals surface area contributed by atoms with E-state index in [9.17, 15) is 18.0 Å². The Labute approximate surface area is 290 Å². The lowest BCUT2D eigenvalue weighted by Gasteiger charge is -2.34. The van der Waals surface area contributed by atoms with Gasteiger partial charge in [0.25, 0.3) is 10.0 Å². The van der Waals surface area contributed by atoms with Gasteiger partial charge in [-0.1, -0.05) is 65.3 Å². The number of thioether (sulfide) groups is 1. The van der Waals surface area contributed by atoms with Gasteiger partial charge in [0.2, 0.25) is 11.8 Å². The minimum Gasteiger partial charge on any atom is -0.494 e. The number of hydrogen-bond donors (Lipinski definition) is 1. The predicted octanol–water partition coefficient (Wildman–Crippen LogP) is 6.93. The van der Waals surface area contributed by atoms with Gasteiger partial charge in [0.15, 0.2) is 0 Å². The van der Waals surface area contributed by atoms with E-state index in [1.54, 1.807) is 48.5 Å². The fourth-order valence-electron chi connectivity index (χ4n) is 5.03. The van der Waals surface area contributed by atoms with E-state index in [1.165, 1.54) is 16.7 Å². The Kier molecular flexibility index (Phi) is 13.3. The third-order valence-electron chi connectivity index (χ3n) is 7.42. The van der Waals surface area contributed by atoms with E-state index in [0.717, 1.165) is 31.2 Å². The van der Waals surface area contributed by atoms with Crippen LogP contribution >= 0.6 is 27.7 Å². The van der Waals surface area contributed by atoms with Crippen molar-refractivity contribution in [1.82, 2.24) is 10.2 Å². The van der Waals surface area contributed by atoms with Crippen molar-refractivity contribution < 1.29 is 22.7 Å². The molecule has 0 unspecified atom stereocenters. The first-order valence-corrected chi connectivity index (χ1v) is 18.9. The number of hydrogen-bond acceptors (Lipinski definition) is 6. The quantitative estimate of drug-likeness (QED) is 0.125. The topological polar surface area (TPSA) is 96.0 Å². The van der Waals surface area contributed by atoms with Crippen molar-refractivity contribution in [3.63, 3.8) is 0 Å². The second kappa shape index (κ2) is 17.4. The highest BCUT2D eigenvalue weighted by Crippen LogP contribution is 2.28. The standard InChI is InChI=1S/C36H40BrN3O5S2/c1-4-22-38-36(42)34(24-27-10-7-6-8-11-27)39(25-28-12-9-13-29(37)23-28)35(41)26-40(30-14-16-31(17-15-30)45-5-2)47(43,44)33-20-18-32(46-3)19-21-33/h6-21,23,34H,4-5,22,24-26H2,1-3H3,(H,38,42)/t34-/m1/s1. The van der Waals surface area contributed by atoms with Gasteiger partial charge < -0.3 is 15.0 Å². The number of carbonyl (C=O) groups is 2. The maximum atomic E-state index is 14.6. The number of sulfonamides is 1. The van der Waals surface area contributed by atoms with E-state index in [1.807, 2.05) is 74.7 Å². The van der Waals surface area contributed by atoms with Crippen molar-refractivity contribution in [2.75, 3.05) is 30.3 Å². The Hall–Kier alpha value is -3.80. The van der Waals surface area contributed by atoms with Crippen LogP contribution < -0.4 is 14.4 Å². The molecular formula is C36H40BrN3O5S2.